The Kier molecular flexibility index (Phi) is 4.52. The van der Waals surface area contributed by atoms with Gasteiger partial charge in [0.05, 0.1) is 5.92 Å². The Hall–Kier alpha value is -1.17. The van der Waals surface area contributed by atoms with Gasteiger partial charge in [0.25, 0.3) is 0 Å². The lowest BCUT2D eigenvalue weighted by Gasteiger charge is -2.25. The molecule has 0 atom stereocenters. The second kappa shape index (κ2) is 6.13. The van der Waals surface area contributed by atoms with E-state index in [1.54, 1.807) is 0 Å². The summed E-state index contributed by atoms with van der Waals surface area (Å²) in [5, 5.41) is 13.1. The summed E-state index contributed by atoms with van der Waals surface area (Å²) < 4.78 is 4.22. The third-order valence-electron chi connectivity index (χ3n) is 3.52. The fourth-order valence-electron chi connectivity index (χ4n) is 2.31. The van der Waals surface area contributed by atoms with Crippen LogP contribution < -0.4 is 5.32 Å². The molecule has 0 aliphatic heterocycles. The van der Waals surface area contributed by atoms with Gasteiger partial charge in [-0.2, -0.15) is 4.37 Å². The molecule has 6 heteroatoms. The van der Waals surface area contributed by atoms with Gasteiger partial charge in [-0.1, -0.05) is 6.92 Å². The van der Waals surface area contributed by atoms with Crippen molar-refractivity contribution in [3.05, 3.63) is 5.82 Å². The van der Waals surface area contributed by atoms with Crippen molar-refractivity contribution in [3.63, 3.8) is 0 Å². The highest BCUT2D eigenvalue weighted by Crippen LogP contribution is 2.29. The van der Waals surface area contributed by atoms with Gasteiger partial charge in [-0.3, -0.25) is 4.79 Å². The Bertz CT molecular complexity index is 400. The zero-order valence-corrected chi connectivity index (χ0v) is 11.4. The molecule has 0 unspecified atom stereocenters. The van der Waals surface area contributed by atoms with Gasteiger partial charge >= 0.3 is 5.97 Å². The molecular weight excluding hydrogens is 250 g/mol. The molecule has 1 aliphatic rings. The second-order valence-corrected chi connectivity index (χ2v) is 5.56. The van der Waals surface area contributed by atoms with Crippen molar-refractivity contribution < 1.29 is 9.90 Å². The van der Waals surface area contributed by atoms with Gasteiger partial charge in [0.2, 0.25) is 5.13 Å². The highest BCUT2D eigenvalue weighted by molar-refractivity contribution is 7.09. The summed E-state index contributed by atoms with van der Waals surface area (Å²) in [6.45, 7) is 2.92. The molecule has 1 saturated carbocycles. The molecule has 0 aromatic carbocycles. The summed E-state index contributed by atoms with van der Waals surface area (Å²) in [5.74, 6) is 0.680. The molecule has 1 aromatic heterocycles. The molecule has 18 heavy (non-hydrogen) atoms. The first-order valence-corrected chi connectivity index (χ1v) is 7.25. The molecule has 0 saturated heterocycles. The average molecular weight is 269 g/mol. The minimum absolute atomic E-state index is 0.130. The first-order chi connectivity index (χ1) is 8.69. The molecule has 0 bridgehead atoms. The van der Waals surface area contributed by atoms with Crippen LogP contribution in [0.25, 0.3) is 0 Å². The lowest BCUT2D eigenvalue weighted by atomic mass is 9.82. The maximum absolute atomic E-state index is 10.8. The molecule has 2 rings (SSSR count). The molecule has 0 amide bonds. The van der Waals surface area contributed by atoms with E-state index in [-0.39, 0.29) is 5.92 Å². The van der Waals surface area contributed by atoms with Gasteiger partial charge in [0.15, 0.2) is 0 Å². The Labute approximate surface area is 111 Å². The Morgan fingerprint density at radius 1 is 1.44 bits per heavy atom. The van der Waals surface area contributed by atoms with Gasteiger partial charge < -0.3 is 10.4 Å². The zero-order chi connectivity index (χ0) is 13.0. The first-order valence-electron chi connectivity index (χ1n) is 6.48. The smallest absolute Gasteiger partial charge is 0.306 e. The number of nitrogens with zero attached hydrogens (tertiary/aromatic N) is 2. The van der Waals surface area contributed by atoms with Gasteiger partial charge in [0.1, 0.15) is 5.82 Å². The lowest BCUT2D eigenvalue weighted by Crippen LogP contribution is -2.25. The van der Waals surface area contributed by atoms with Gasteiger partial charge in [0, 0.05) is 24.5 Å². The van der Waals surface area contributed by atoms with Crippen LogP contribution in [0.4, 0.5) is 5.13 Å². The molecule has 1 aliphatic carbocycles. The highest BCUT2D eigenvalue weighted by Gasteiger charge is 2.25. The topological polar surface area (TPSA) is 75.1 Å². The number of aliphatic carboxylic acids is 1. The monoisotopic (exact) mass is 269 g/mol. The lowest BCUT2D eigenvalue weighted by molar-refractivity contribution is -0.143. The second-order valence-electron chi connectivity index (χ2n) is 4.81. The summed E-state index contributed by atoms with van der Waals surface area (Å²) in [6.07, 6.45) is 4.45. The Morgan fingerprint density at radius 2 is 2.17 bits per heavy atom. The van der Waals surface area contributed by atoms with E-state index in [1.165, 1.54) is 11.5 Å². The Balaban J connectivity index is 1.73. The van der Waals surface area contributed by atoms with E-state index in [0.717, 1.165) is 49.6 Å². The van der Waals surface area contributed by atoms with E-state index < -0.39 is 5.97 Å². The predicted molar refractivity (Wildman–Crippen MR) is 70.9 cm³/mol. The van der Waals surface area contributed by atoms with Gasteiger partial charge in [-0.15, -0.1) is 0 Å². The number of aromatic nitrogens is 2. The van der Waals surface area contributed by atoms with Crippen LogP contribution in [0.5, 0.6) is 0 Å². The van der Waals surface area contributed by atoms with E-state index in [0.29, 0.717) is 5.92 Å². The third-order valence-corrected chi connectivity index (χ3v) is 4.23. The number of aryl methyl sites for hydroxylation is 1. The zero-order valence-electron chi connectivity index (χ0n) is 10.6. The quantitative estimate of drug-likeness (QED) is 0.858. The molecule has 1 fully saturated rings. The molecule has 100 valence electrons. The maximum atomic E-state index is 10.8. The van der Waals surface area contributed by atoms with Crippen LogP contribution in [0, 0.1) is 11.8 Å². The minimum atomic E-state index is -0.641. The third kappa shape index (κ3) is 3.41. The van der Waals surface area contributed by atoms with E-state index in [2.05, 4.69) is 14.7 Å². The van der Waals surface area contributed by atoms with Crippen LogP contribution in [0.2, 0.25) is 0 Å². The number of hydrogen-bond acceptors (Lipinski definition) is 5. The van der Waals surface area contributed by atoms with Crippen molar-refractivity contribution in [2.75, 3.05) is 11.9 Å². The summed E-state index contributed by atoms with van der Waals surface area (Å²) in [5.41, 5.74) is 0. The van der Waals surface area contributed by atoms with Crippen LogP contribution in [-0.2, 0) is 11.2 Å². The van der Waals surface area contributed by atoms with Crippen LogP contribution in [0.15, 0.2) is 0 Å². The number of carboxylic acids is 1. The number of nitrogens with one attached hydrogen (secondary N) is 1. The van der Waals surface area contributed by atoms with Crippen molar-refractivity contribution in [2.45, 2.75) is 39.0 Å². The van der Waals surface area contributed by atoms with Crippen LogP contribution in [0.3, 0.4) is 0 Å². The van der Waals surface area contributed by atoms with E-state index >= 15 is 0 Å². The molecule has 1 aromatic rings. The van der Waals surface area contributed by atoms with E-state index in [4.69, 9.17) is 5.11 Å². The Morgan fingerprint density at radius 3 is 2.72 bits per heavy atom. The summed E-state index contributed by atoms with van der Waals surface area (Å²) in [4.78, 5) is 15.2. The maximum Gasteiger partial charge on any atom is 0.306 e. The van der Waals surface area contributed by atoms with Crippen LogP contribution >= 0.6 is 11.5 Å². The first kappa shape index (κ1) is 13.3. The molecular formula is C12H19N3O2S. The van der Waals surface area contributed by atoms with Crippen molar-refractivity contribution in [3.8, 4) is 0 Å². The van der Waals surface area contributed by atoms with Crippen molar-refractivity contribution in [1.29, 1.82) is 0 Å². The number of hydrogen-bond donors (Lipinski definition) is 2. The number of rotatable bonds is 5. The van der Waals surface area contributed by atoms with Crippen LogP contribution in [0.1, 0.15) is 38.4 Å². The highest BCUT2D eigenvalue weighted by atomic mass is 32.1. The SMILES string of the molecule is CCc1nsc(NCC2CCC(C(=O)O)CC2)n1. The molecule has 1 heterocycles. The van der Waals surface area contributed by atoms with Crippen molar-refractivity contribution in [2.24, 2.45) is 11.8 Å². The van der Waals surface area contributed by atoms with Gasteiger partial charge in [-0.25, -0.2) is 4.98 Å². The molecule has 0 spiro atoms. The molecule has 0 radical (unpaired) electrons. The van der Waals surface area contributed by atoms with Gasteiger partial charge in [-0.05, 0) is 31.6 Å². The summed E-state index contributed by atoms with van der Waals surface area (Å²) in [6, 6.07) is 0. The van der Waals surface area contributed by atoms with Crippen LogP contribution in [-0.4, -0.2) is 27.0 Å². The average Bonchev–Trinajstić information content (AvgIpc) is 2.85. The minimum Gasteiger partial charge on any atom is -0.481 e. The largest absolute Gasteiger partial charge is 0.481 e. The number of carboxylic acid groups (broad SMARTS) is 1. The number of anilines is 1. The fourth-order valence-corrected chi connectivity index (χ4v) is 2.97. The fraction of sp³-hybridized carbons (Fsp3) is 0.750. The predicted octanol–water partition coefficient (Wildman–Crippen LogP) is 2.40. The van der Waals surface area contributed by atoms with E-state index in [9.17, 15) is 4.79 Å². The summed E-state index contributed by atoms with van der Waals surface area (Å²) in [7, 11) is 0. The van der Waals surface area contributed by atoms with E-state index in [1.807, 2.05) is 6.92 Å². The van der Waals surface area contributed by atoms with Crippen molar-refractivity contribution in [1.82, 2.24) is 9.36 Å². The standard InChI is InChI=1S/C12H19N3O2S/c1-2-10-14-12(18-15-10)13-7-8-3-5-9(6-4-8)11(16)17/h8-9H,2-7H2,1H3,(H,16,17)(H,13,14,15). The number of carbonyl (C=O) groups is 1. The van der Waals surface area contributed by atoms with Crippen molar-refractivity contribution >= 4 is 22.6 Å². The molecule has 5 nitrogen and oxygen atoms in total. The molecule has 2 N–H and O–H groups in total. The summed E-state index contributed by atoms with van der Waals surface area (Å²) >= 11 is 1.40. The normalized spacial score (nSPS) is 23.8.